The van der Waals surface area contributed by atoms with E-state index < -0.39 is 0 Å². The van der Waals surface area contributed by atoms with E-state index in [-0.39, 0.29) is 5.82 Å². The monoisotopic (exact) mass is 213 g/mol. The van der Waals surface area contributed by atoms with Gasteiger partial charge in [0.25, 0.3) is 0 Å². The van der Waals surface area contributed by atoms with Crippen molar-refractivity contribution in [2.24, 2.45) is 0 Å². The highest BCUT2D eigenvalue weighted by molar-refractivity contribution is 6.30. The molecule has 0 spiro atoms. The van der Waals surface area contributed by atoms with E-state index in [0.29, 0.717) is 10.7 Å². The predicted octanol–water partition coefficient (Wildman–Crippen LogP) is 3.86. The van der Waals surface area contributed by atoms with Crippen LogP contribution in [-0.2, 0) is 0 Å². The van der Waals surface area contributed by atoms with Crippen LogP contribution in [0.4, 0.5) is 10.1 Å². The van der Waals surface area contributed by atoms with E-state index in [2.05, 4.69) is 11.9 Å². The van der Waals surface area contributed by atoms with Crippen molar-refractivity contribution in [3.05, 3.63) is 41.7 Å². The molecule has 0 saturated heterocycles. The highest BCUT2D eigenvalue weighted by Crippen LogP contribution is 2.18. The largest absolute Gasteiger partial charge is 0.383 e. The summed E-state index contributed by atoms with van der Waals surface area (Å²) in [5.74, 6) is -0.309. The molecule has 1 aromatic rings. The maximum atomic E-state index is 13.2. The van der Waals surface area contributed by atoms with Gasteiger partial charge in [0.15, 0.2) is 0 Å². The molecule has 0 fully saturated rings. The molecule has 1 N–H and O–H groups in total. The molecule has 76 valence electrons. The Morgan fingerprint density at radius 2 is 2.29 bits per heavy atom. The smallest absolute Gasteiger partial charge is 0.147 e. The van der Waals surface area contributed by atoms with Crippen LogP contribution in [0.25, 0.3) is 0 Å². The summed E-state index contributed by atoms with van der Waals surface area (Å²) in [5.41, 5.74) is 0.499. The number of unbranched alkanes of at least 4 members (excludes halogenated alkanes) is 1. The number of hydrogen-bond donors (Lipinski definition) is 1. The molecule has 0 saturated carbocycles. The summed E-state index contributed by atoms with van der Waals surface area (Å²) in [7, 11) is 0. The Morgan fingerprint density at radius 1 is 1.50 bits per heavy atom. The first kappa shape index (κ1) is 11.1. The van der Waals surface area contributed by atoms with Crippen molar-refractivity contribution in [1.29, 1.82) is 0 Å². The third kappa shape index (κ3) is 3.38. The van der Waals surface area contributed by atoms with Gasteiger partial charge in [-0.05, 0) is 31.0 Å². The second kappa shape index (κ2) is 5.66. The molecular weight excluding hydrogens is 201 g/mol. The van der Waals surface area contributed by atoms with Gasteiger partial charge in [0.05, 0.1) is 5.69 Å². The van der Waals surface area contributed by atoms with Crippen molar-refractivity contribution in [3.63, 3.8) is 0 Å². The highest BCUT2D eigenvalue weighted by Gasteiger charge is 2.00. The zero-order valence-corrected chi connectivity index (χ0v) is 8.65. The third-order valence-corrected chi connectivity index (χ3v) is 2.07. The molecule has 0 aliphatic heterocycles. The lowest BCUT2D eigenvalue weighted by Gasteiger charge is -2.06. The Hall–Kier alpha value is -1.02. The second-order valence-electron chi connectivity index (χ2n) is 2.98. The molecule has 0 aliphatic carbocycles. The molecule has 0 aliphatic rings. The molecule has 0 amide bonds. The summed E-state index contributed by atoms with van der Waals surface area (Å²) < 4.78 is 13.2. The van der Waals surface area contributed by atoms with E-state index in [9.17, 15) is 4.39 Å². The van der Waals surface area contributed by atoms with Crippen LogP contribution in [-0.4, -0.2) is 6.54 Å². The van der Waals surface area contributed by atoms with Gasteiger partial charge in [0, 0.05) is 11.6 Å². The van der Waals surface area contributed by atoms with Gasteiger partial charge in [0.1, 0.15) is 5.82 Å². The van der Waals surface area contributed by atoms with Crippen molar-refractivity contribution in [1.82, 2.24) is 0 Å². The summed E-state index contributed by atoms with van der Waals surface area (Å²) in [6.45, 7) is 4.36. The lowest BCUT2D eigenvalue weighted by molar-refractivity contribution is 0.629. The van der Waals surface area contributed by atoms with Crippen molar-refractivity contribution >= 4 is 17.3 Å². The average Bonchev–Trinajstić information content (AvgIpc) is 2.15. The molecule has 0 aromatic heterocycles. The molecule has 1 nitrogen and oxygen atoms in total. The molecule has 3 heteroatoms. The van der Waals surface area contributed by atoms with E-state index in [4.69, 9.17) is 11.6 Å². The van der Waals surface area contributed by atoms with Gasteiger partial charge >= 0.3 is 0 Å². The van der Waals surface area contributed by atoms with Crippen LogP contribution in [0, 0.1) is 5.82 Å². The normalized spacial score (nSPS) is 9.86. The zero-order chi connectivity index (χ0) is 10.4. The molecule has 1 rings (SSSR count). The first-order valence-corrected chi connectivity index (χ1v) is 4.91. The number of halogens is 2. The number of allylic oxidation sites excluding steroid dienone is 1. The lowest BCUT2D eigenvalue weighted by Crippen LogP contribution is -2.02. The predicted molar refractivity (Wildman–Crippen MR) is 59.3 cm³/mol. The minimum absolute atomic E-state index is 0.309. The second-order valence-corrected chi connectivity index (χ2v) is 3.42. The Kier molecular flexibility index (Phi) is 4.47. The quantitative estimate of drug-likeness (QED) is 0.579. The van der Waals surface area contributed by atoms with Gasteiger partial charge < -0.3 is 5.32 Å². The molecule has 0 heterocycles. The van der Waals surface area contributed by atoms with Crippen molar-refractivity contribution in [2.75, 3.05) is 11.9 Å². The molecule has 0 atom stereocenters. The zero-order valence-electron chi connectivity index (χ0n) is 7.89. The number of benzene rings is 1. The Balaban J connectivity index is 2.46. The summed E-state index contributed by atoms with van der Waals surface area (Å²) in [6.07, 6.45) is 3.73. The van der Waals surface area contributed by atoms with E-state index in [1.165, 1.54) is 6.07 Å². The van der Waals surface area contributed by atoms with Crippen molar-refractivity contribution in [2.45, 2.75) is 12.8 Å². The fourth-order valence-electron chi connectivity index (χ4n) is 1.10. The molecule has 0 radical (unpaired) electrons. The standard InChI is InChI=1S/C11H13ClFN/c1-2-3-4-7-14-11-6-5-9(12)8-10(11)13/h2,5-6,8,14H,1,3-4,7H2. The molecular formula is C11H13ClFN. The van der Waals surface area contributed by atoms with Crippen LogP contribution in [0.15, 0.2) is 30.9 Å². The summed E-state index contributed by atoms with van der Waals surface area (Å²) in [5, 5.41) is 3.41. The Labute approximate surface area is 88.6 Å². The van der Waals surface area contributed by atoms with Crippen LogP contribution in [0.3, 0.4) is 0 Å². The molecule has 0 bridgehead atoms. The van der Waals surface area contributed by atoms with Crippen LogP contribution >= 0.6 is 11.6 Å². The van der Waals surface area contributed by atoms with E-state index >= 15 is 0 Å². The third-order valence-electron chi connectivity index (χ3n) is 1.83. The fourth-order valence-corrected chi connectivity index (χ4v) is 1.26. The van der Waals surface area contributed by atoms with Crippen molar-refractivity contribution < 1.29 is 4.39 Å². The fraction of sp³-hybridized carbons (Fsp3) is 0.273. The van der Waals surface area contributed by atoms with Gasteiger partial charge in [-0.1, -0.05) is 17.7 Å². The number of nitrogens with one attached hydrogen (secondary N) is 1. The van der Waals surface area contributed by atoms with Crippen LogP contribution < -0.4 is 5.32 Å². The summed E-state index contributed by atoms with van der Waals surface area (Å²) in [4.78, 5) is 0. The topological polar surface area (TPSA) is 12.0 Å². The van der Waals surface area contributed by atoms with Crippen LogP contribution in [0.5, 0.6) is 0 Å². The first-order valence-electron chi connectivity index (χ1n) is 4.54. The maximum Gasteiger partial charge on any atom is 0.147 e. The maximum absolute atomic E-state index is 13.2. The van der Waals surface area contributed by atoms with Gasteiger partial charge in [-0.3, -0.25) is 0 Å². The van der Waals surface area contributed by atoms with Gasteiger partial charge in [0.2, 0.25) is 0 Å². The number of anilines is 1. The molecule has 1 aromatic carbocycles. The summed E-state index contributed by atoms with van der Waals surface area (Å²) in [6, 6.07) is 4.61. The van der Waals surface area contributed by atoms with E-state index in [0.717, 1.165) is 19.4 Å². The van der Waals surface area contributed by atoms with Crippen molar-refractivity contribution in [3.8, 4) is 0 Å². The first-order chi connectivity index (χ1) is 6.74. The molecule has 0 unspecified atom stereocenters. The SMILES string of the molecule is C=CCCCNc1ccc(Cl)cc1F. The van der Waals surface area contributed by atoms with E-state index in [1.807, 2.05) is 6.08 Å². The number of rotatable bonds is 5. The van der Waals surface area contributed by atoms with Gasteiger partial charge in [-0.2, -0.15) is 0 Å². The van der Waals surface area contributed by atoms with Gasteiger partial charge in [-0.25, -0.2) is 4.39 Å². The minimum atomic E-state index is -0.309. The van der Waals surface area contributed by atoms with E-state index in [1.54, 1.807) is 12.1 Å². The van der Waals surface area contributed by atoms with Crippen LogP contribution in [0.1, 0.15) is 12.8 Å². The van der Waals surface area contributed by atoms with Crippen LogP contribution in [0.2, 0.25) is 5.02 Å². The minimum Gasteiger partial charge on any atom is -0.383 e. The Morgan fingerprint density at radius 3 is 2.93 bits per heavy atom. The number of hydrogen-bond acceptors (Lipinski definition) is 1. The Bertz CT molecular complexity index is 312. The van der Waals surface area contributed by atoms with Gasteiger partial charge in [-0.15, -0.1) is 6.58 Å². The highest BCUT2D eigenvalue weighted by atomic mass is 35.5. The average molecular weight is 214 g/mol. The lowest BCUT2D eigenvalue weighted by atomic mass is 10.2. The molecule has 14 heavy (non-hydrogen) atoms. The summed E-state index contributed by atoms with van der Waals surface area (Å²) >= 11 is 5.62.